The summed E-state index contributed by atoms with van der Waals surface area (Å²) in [4.78, 5) is 12.0. The van der Waals surface area contributed by atoms with Crippen LogP contribution in [0.25, 0.3) is 0 Å². The van der Waals surface area contributed by atoms with E-state index in [1.54, 1.807) is 0 Å². The smallest absolute Gasteiger partial charge is 0.258 e. The minimum Gasteiger partial charge on any atom is -0.484 e. The highest BCUT2D eigenvalue weighted by atomic mass is 35.5. The van der Waals surface area contributed by atoms with E-state index >= 15 is 0 Å². The molecular weight excluding hydrogens is 286 g/mol. The topological polar surface area (TPSA) is 38.3 Å². The predicted octanol–water partition coefficient (Wildman–Crippen LogP) is 4.03. The Hall–Kier alpha value is -1.22. The molecule has 1 amide bonds. The first kappa shape index (κ1) is 16.2. The summed E-state index contributed by atoms with van der Waals surface area (Å²) in [6.07, 6.45) is 4.74. The lowest BCUT2D eigenvalue weighted by Gasteiger charge is -2.29. The van der Waals surface area contributed by atoms with E-state index in [1.165, 1.54) is 19.3 Å². The molecule has 2 unspecified atom stereocenters. The number of halogens is 1. The Morgan fingerprint density at radius 1 is 1.29 bits per heavy atom. The van der Waals surface area contributed by atoms with Crippen molar-refractivity contribution in [2.45, 2.75) is 52.5 Å². The molecule has 1 aromatic rings. The second-order valence-corrected chi connectivity index (χ2v) is 6.47. The molecule has 1 fully saturated rings. The fourth-order valence-corrected chi connectivity index (χ4v) is 3.03. The Kier molecular flexibility index (Phi) is 5.51. The van der Waals surface area contributed by atoms with Gasteiger partial charge in [-0.05, 0) is 55.9 Å². The number of hydrogen-bond acceptors (Lipinski definition) is 2. The molecule has 0 radical (unpaired) electrons. The molecule has 116 valence electrons. The zero-order valence-electron chi connectivity index (χ0n) is 13.0. The van der Waals surface area contributed by atoms with Gasteiger partial charge in [-0.15, -0.1) is 0 Å². The van der Waals surface area contributed by atoms with Crippen LogP contribution in [-0.4, -0.2) is 18.6 Å². The highest BCUT2D eigenvalue weighted by Gasteiger charge is 2.22. The second-order valence-electron chi connectivity index (χ2n) is 6.10. The van der Waals surface area contributed by atoms with Crippen LogP contribution >= 0.6 is 11.6 Å². The van der Waals surface area contributed by atoms with E-state index in [-0.39, 0.29) is 12.5 Å². The van der Waals surface area contributed by atoms with Gasteiger partial charge in [-0.2, -0.15) is 0 Å². The fourth-order valence-electron chi connectivity index (χ4n) is 2.92. The first-order valence-electron chi connectivity index (χ1n) is 7.66. The molecule has 0 aliphatic heterocycles. The molecular formula is C17H24ClNO2. The van der Waals surface area contributed by atoms with Crippen molar-refractivity contribution in [2.24, 2.45) is 5.92 Å². The third kappa shape index (κ3) is 4.37. The summed E-state index contributed by atoms with van der Waals surface area (Å²) in [6, 6.07) is 4.03. The van der Waals surface area contributed by atoms with Gasteiger partial charge >= 0.3 is 0 Å². The van der Waals surface area contributed by atoms with E-state index in [2.05, 4.69) is 12.2 Å². The largest absolute Gasteiger partial charge is 0.484 e. The van der Waals surface area contributed by atoms with Gasteiger partial charge in [0.25, 0.3) is 5.91 Å². The Labute approximate surface area is 132 Å². The molecule has 1 aliphatic rings. The van der Waals surface area contributed by atoms with Crippen LogP contribution in [-0.2, 0) is 4.79 Å². The van der Waals surface area contributed by atoms with E-state index in [4.69, 9.17) is 16.3 Å². The van der Waals surface area contributed by atoms with Crippen LogP contribution in [0.5, 0.6) is 5.75 Å². The Morgan fingerprint density at radius 3 is 2.52 bits per heavy atom. The van der Waals surface area contributed by atoms with Gasteiger partial charge in [0.05, 0.1) is 0 Å². The molecule has 0 aromatic heterocycles. The minimum absolute atomic E-state index is 0.0426. The predicted molar refractivity (Wildman–Crippen MR) is 86.0 cm³/mol. The van der Waals surface area contributed by atoms with Gasteiger partial charge in [0.2, 0.25) is 0 Å². The normalized spacial score (nSPS) is 21.9. The number of benzene rings is 1. The van der Waals surface area contributed by atoms with Crippen LogP contribution in [0.2, 0.25) is 5.02 Å². The molecule has 1 N–H and O–H groups in total. The Bertz CT molecular complexity index is 493. The lowest BCUT2D eigenvalue weighted by molar-refractivity contribution is -0.124. The zero-order chi connectivity index (χ0) is 15.4. The van der Waals surface area contributed by atoms with Crippen LogP contribution in [0.4, 0.5) is 0 Å². The summed E-state index contributed by atoms with van der Waals surface area (Å²) in [5.74, 6) is 1.21. The first-order valence-corrected chi connectivity index (χ1v) is 8.04. The third-order valence-electron chi connectivity index (χ3n) is 4.24. The SMILES string of the molecule is Cc1cc(OCC(=O)NC2CCCCC2C)cc(C)c1Cl. The number of hydrogen-bond donors (Lipinski definition) is 1. The number of nitrogens with one attached hydrogen (secondary N) is 1. The van der Waals surface area contributed by atoms with Gasteiger partial charge in [0.15, 0.2) is 6.61 Å². The van der Waals surface area contributed by atoms with Gasteiger partial charge in [0, 0.05) is 11.1 Å². The molecule has 21 heavy (non-hydrogen) atoms. The molecule has 2 atom stereocenters. The van der Waals surface area contributed by atoms with E-state index in [1.807, 2.05) is 26.0 Å². The summed E-state index contributed by atoms with van der Waals surface area (Å²) < 4.78 is 5.59. The zero-order valence-corrected chi connectivity index (χ0v) is 13.8. The summed E-state index contributed by atoms with van der Waals surface area (Å²) in [5.41, 5.74) is 1.93. The molecule has 1 saturated carbocycles. The maximum Gasteiger partial charge on any atom is 0.258 e. The summed E-state index contributed by atoms with van der Waals surface area (Å²) in [5, 5.41) is 3.84. The quantitative estimate of drug-likeness (QED) is 0.912. The Morgan fingerprint density at radius 2 is 1.90 bits per heavy atom. The standard InChI is InChI=1S/C17H24ClNO2/c1-11-6-4-5-7-15(11)19-16(20)10-21-14-8-12(2)17(18)13(3)9-14/h8-9,11,15H,4-7,10H2,1-3H3,(H,19,20). The lowest BCUT2D eigenvalue weighted by Crippen LogP contribution is -2.43. The van der Waals surface area contributed by atoms with Crippen molar-refractivity contribution < 1.29 is 9.53 Å². The van der Waals surface area contributed by atoms with E-state index in [9.17, 15) is 4.79 Å². The number of carbonyl (C=O) groups excluding carboxylic acids is 1. The monoisotopic (exact) mass is 309 g/mol. The van der Waals surface area contributed by atoms with Crippen molar-refractivity contribution in [3.05, 3.63) is 28.3 Å². The van der Waals surface area contributed by atoms with Crippen LogP contribution < -0.4 is 10.1 Å². The highest BCUT2D eigenvalue weighted by molar-refractivity contribution is 6.32. The van der Waals surface area contributed by atoms with Crippen molar-refractivity contribution in [3.63, 3.8) is 0 Å². The maximum absolute atomic E-state index is 12.0. The van der Waals surface area contributed by atoms with Crippen molar-refractivity contribution in [2.75, 3.05) is 6.61 Å². The van der Waals surface area contributed by atoms with E-state index in [0.29, 0.717) is 17.7 Å². The van der Waals surface area contributed by atoms with E-state index in [0.717, 1.165) is 22.6 Å². The average Bonchev–Trinajstić information content (AvgIpc) is 2.45. The van der Waals surface area contributed by atoms with Crippen LogP contribution in [0.15, 0.2) is 12.1 Å². The fraction of sp³-hybridized carbons (Fsp3) is 0.588. The average molecular weight is 310 g/mol. The molecule has 0 spiro atoms. The molecule has 4 heteroatoms. The Balaban J connectivity index is 1.86. The molecule has 0 saturated heterocycles. The summed E-state index contributed by atoms with van der Waals surface area (Å²) >= 11 is 6.12. The highest BCUT2D eigenvalue weighted by Crippen LogP contribution is 2.26. The van der Waals surface area contributed by atoms with Crippen molar-refractivity contribution >= 4 is 17.5 Å². The van der Waals surface area contributed by atoms with Crippen LogP contribution in [0.3, 0.4) is 0 Å². The van der Waals surface area contributed by atoms with Gasteiger partial charge in [-0.25, -0.2) is 0 Å². The molecule has 1 aromatic carbocycles. The second kappa shape index (κ2) is 7.17. The van der Waals surface area contributed by atoms with Crippen molar-refractivity contribution in [1.82, 2.24) is 5.32 Å². The van der Waals surface area contributed by atoms with Crippen molar-refractivity contribution in [1.29, 1.82) is 0 Å². The summed E-state index contributed by atoms with van der Waals surface area (Å²) in [7, 11) is 0. The van der Waals surface area contributed by atoms with Crippen LogP contribution in [0, 0.1) is 19.8 Å². The third-order valence-corrected chi connectivity index (χ3v) is 4.83. The van der Waals surface area contributed by atoms with E-state index < -0.39 is 0 Å². The number of aryl methyl sites for hydroxylation is 2. The number of ether oxygens (including phenoxy) is 1. The van der Waals surface area contributed by atoms with Crippen molar-refractivity contribution in [3.8, 4) is 5.75 Å². The molecule has 0 heterocycles. The molecule has 1 aliphatic carbocycles. The van der Waals surface area contributed by atoms with Gasteiger partial charge in [-0.1, -0.05) is 31.4 Å². The number of rotatable bonds is 4. The summed E-state index contributed by atoms with van der Waals surface area (Å²) in [6.45, 7) is 6.14. The van der Waals surface area contributed by atoms with Gasteiger partial charge in [-0.3, -0.25) is 4.79 Å². The van der Waals surface area contributed by atoms with Crippen LogP contribution in [0.1, 0.15) is 43.7 Å². The number of carbonyl (C=O) groups is 1. The van der Waals surface area contributed by atoms with Gasteiger partial charge < -0.3 is 10.1 Å². The lowest BCUT2D eigenvalue weighted by atomic mass is 9.86. The maximum atomic E-state index is 12.0. The number of amides is 1. The molecule has 0 bridgehead atoms. The minimum atomic E-state index is -0.0426. The molecule has 3 nitrogen and oxygen atoms in total. The molecule has 2 rings (SSSR count). The first-order chi connectivity index (χ1) is 9.97. The van der Waals surface area contributed by atoms with Gasteiger partial charge in [0.1, 0.15) is 5.75 Å².